The summed E-state index contributed by atoms with van der Waals surface area (Å²) in [6.07, 6.45) is 0.705. The number of nitrogens with zero attached hydrogens (tertiary/aromatic N) is 1. The Labute approximate surface area is 99.5 Å². The van der Waals surface area contributed by atoms with Crippen LogP contribution in [0.25, 0.3) is 0 Å². The van der Waals surface area contributed by atoms with E-state index in [4.69, 9.17) is 0 Å². The lowest BCUT2D eigenvalue weighted by Crippen LogP contribution is -2.47. The first-order chi connectivity index (χ1) is 6.93. The molecule has 0 heterocycles. The van der Waals surface area contributed by atoms with E-state index in [1.165, 1.54) is 0 Å². The van der Waals surface area contributed by atoms with E-state index in [9.17, 15) is 9.59 Å². The molecule has 15 heavy (non-hydrogen) atoms. The van der Waals surface area contributed by atoms with Crippen LogP contribution in [0.3, 0.4) is 0 Å². The number of likely N-dealkylation sites (N-methyl/N-ethyl adjacent to an activating group) is 1. The number of carbonyl (C=O) groups excluding carboxylic acids is 2. The van der Waals surface area contributed by atoms with Gasteiger partial charge in [0.2, 0.25) is 11.8 Å². The molecule has 5 heteroatoms. The molecule has 0 saturated carbocycles. The molecule has 88 valence electrons. The molecule has 2 unspecified atom stereocenters. The van der Waals surface area contributed by atoms with E-state index in [1.54, 1.807) is 18.9 Å². The summed E-state index contributed by atoms with van der Waals surface area (Å²) in [7, 11) is 1.72. The van der Waals surface area contributed by atoms with Crippen LogP contribution in [0, 0.1) is 0 Å². The van der Waals surface area contributed by atoms with Gasteiger partial charge in [-0.15, -0.1) is 0 Å². The van der Waals surface area contributed by atoms with E-state index >= 15 is 0 Å². The van der Waals surface area contributed by atoms with Gasteiger partial charge in [0.25, 0.3) is 0 Å². The standard InChI is InChI=1S/C10H19BrN2O2/c1-5-8(11)9(14)12-7(3)10(15)13(4)6-2/h7-8H,5-6H2,1-4H3,(H,12,14). The van der Waals surface area contributed by atoms with E-state index in [1.807, 2.05) is 13.8 Å². The van der Waals surface area contributed by atoms with E-state index in [0.29, 0.717) is 13.0 Å². The van der Waals surface area contributed by atoms with Crippen LogP contribution in [-0.2, 0) is 9.59 Å². The maximum Gasteiger partial charge on any atom is 0.244 e. The van der Waals surface area contributed by atoms with Crippen molar-refractivity contribution >= 4 is 27.7 Å². The van der Waals surface area contributed by atoms with Crippen LogP contribution in [0.2, 0.25) is 0 Å². The second-order valence-electron chi connectivity index (χ2n) is 3.46. The summed E-state index contributed by atoms with van der Waals surface area (Å²) in [6.45, 7) is 6.14. The van der Waals surface area contributed by atoms with Crippen LogP contribution in [-0.4, -0.2) is 41.2 Å². The van der Waals surface area contributed by atoms with Crippen LogP contribution in [0.15, 0.2) is 0 Å². The number of nitrogens with one attached hydrogen (secondary N) is 1. The number of halogens is 1. The van der Waals surface area contributed by atoms with E-state index in [-0.39, 0.29) is 16.6 Å². The molecule has 0 aliphatic rings. The quantitative estimate of drug-likeness (QED) is 0.767. The number of rotatable bonds is 5. The highest BCUT2D eigenvalue weighted by molar-refractivity contribution is 9.10. The third-order valence-electron chi connectivity index (χ3n) is 2.22. The fraction of sp³-hybridized carbons (Fsp3) is 0.800. The van der Waals surface area contributed by atoms with Crippen molar-refractivity contribution in [1.29, 1.82) is 0 Å². The van der Waals surface area contributed by atoms with E-state index in [0.717, 1.165) is 0 Å². The normalized spacial score (nSPS) is 14.2. The smallest absolute Gasteiger partial charge is 0.244 e. The molecule has 0 bridgehead atoms. The average Bonchev–Trinajstić information content (AvgIpc) is 2.25. The fourth-order valence-corrected chi connectivity index (χ4v) is 1.17. The topological polar surface area (TPSA) is 49.4 Å². The highest BCUT2D eigenvalue weighted by Gasteiger charge is 2.21. The minimum absolute atomic E-state index is 0.0679. The molecular weight excluding hydrogens is 260 g/mol. The first-order valence-electron chi connectivity index (χ1n) is 5.13. The van der Waals surface area contributed by atoms with Gasteiger partial charge in [-0.2, -0.15) is 0 Å². The first kappa shape index (κ1) is 14.4. The Morgan fingerprint density at radius 2 is 1.93 bits per heavy atom. The molecule has 0 fully saturated rings. The van der Waals surface area contributed by atoms with Crippen molar-refractivity contribution in [2.45, 2.75) is 38.1 Å². The largest absolute Gasteiger partial charge is 0.344 e. The molecule has 2 atom stereocenters. The van der Waals surface area contributed by atoms with Crippen molar-refractivity contribution in [3.05, 3.63) is 0 Å². The minimum Gasteiger partial charge on any atom is -0.344 e. The molecule has 0 saturated heterocycles. The maximum atomic E-state index is 11.6. The van der Waals surface area contributed by atoms with Crippen LogP contribution in [0.1, 0.15) is 27.2 Å². The lowest BCUT2D eigenvalue weighted by atomic mass is 10.2. The Balaban J connectivity index is 4.18. The average molecular weight is 279 g/mol. The van der Waals surface area contributed by atoms with E-state index < -0.39 is 6.04 Å². The van der Waals surface area contributed by atoms with Crippen LogP contribution in [0.5, 0.6) is 0 Å². The Morgan fingerprint density at radius 3 is 2.33 bits per heavy atom. The monoisotopic (exact) mass is 278 g/mol. The summed E-state index contributed by atoms with van der Waals surface area (Å²) < 4.78 is 0. The zero-order valence-electron chi connectivity index (χ0n) is 9.71. The SMILES string of the molecule is CCC(Br)C(=O)NC(C)C(=O)N(C)CC. The number of hydrogen-bond donors (Lipinski definition) is 1. The first-order valence-corrected chi connectivity index (χ1v) is 6.05. The minimum atomic E-state index is -0.464. The van der Waals surface area contributed by atoms with Crippen molar-refractivity contribution in [3.63, 3.8) is 0 Å². The summed E-state index contributed by atoms with van der Waals surface area (Å²) in [5.41, 5.74) is 0. The second-order valence-corrected chi connectivity index (χ2v) is 4.56. The Kier molecular flexibility index (Phi) is 6.56. The van der Waals surface area contributed by atoms with Gasteiger partial charge < -0.3 is 10.2 Å². The van der Waals surface area contributed by atoms with Gasteiger partial charge in [-0.1, -0.05) is 22.9 Å². The van der Waals surface area contributed by atoms with Gasteiger partial charge in [-0.05, 0) is 20.3 Å². The van der Waals surface area contributed by atoms with Crippen molar-refractivity contribution in [3.8, 4) is 0 Å². The second kappa shape index (κ2) is 6.82. The van der Waals surface area contributed by atoms with Crippen LogP contribution < -0.4 is 5.32 Å². The van der Waals surface area contributed by atoms with Crippen LogP contribution in [0.4, 0.5) is 0 Å². The summed E-state index contributed by atoms with van der Waals surface area (Å²) in [5.74, 6) is -0.204. The van der Waals surface area contributed by atoms with Gasteiger partial charge in [0.05, 0.1) is 4.83 Å². The van der Waals surface area contributed by atoms with Gasteiger partial charge in [-0.3, -0.25) is 9.59 Å². The predicted octanol–water partition coefficient (Wildman–Crippen LogP) is 1.14. The Morgan fingerprint density at radius 1 is 1.40 bits per heavy atom. The van der Waals surface area contributed by atoms with Crippen molar-refractivity contribution < 1.29 is 9.59 Å². The number of alkyl halides is 1. The molecular formula is C10H19BrN2O2. The fourth-order valence-electron chi connectivity index (χ4n) is 1.04. The van der Waals surface area contributed by atoms with Gasteiger partial charge >= 0.3 is 0 Å². The van der Waals surface area contributed by atoms with Crippen LogP contribution >= 0.6 is 15.9 Å². The summed E-state index contributed by atoms with van der Waals surface area (Å²) >= 11 is 3.24. The molecule has 0 aromatic carbocycles. The molecule has 2 amide bonds. The third-order valence-corrected chi connectivity index (χ3v) is 3.29. The molecule has 1 N–H and O–H groups in total. The van der Waals surface area contributed by atoms with Crippen molar-refractivity contribution in [2.75, 3.05) is 13.6 Å². The molecule has 0 aliphatic carbocycles. The molecule has 0 rings (SSSR count). The molecule has 0 aliphatic heterocycles. The van der Waals surface area contributed by atoms with Gasteiger partial charge in [0, 0.05) is 13.6 Å². The lowest BCUT2D eigenvalue weighted by molar-refractivity contribution is -0.134. The highest BCUT2D eigenvalue weighted by Crippen LogP contribution is 2.04. The molecule has 0 radical (unpaired) electrons. The van der Waals surface area contributed by atoms with Gasteiger partial charge in [-0.25, -0.2) is 0 Å². The number of hydrogen-bond acceptors (Lipinski definition) is 2. The van der Waals surface area contributed by atoms with Gasteiger partial charge in [0.1, 0.15) is 6.04 Å². The molecule has 4 nitrogen and oxygen atoms in total. The molecule has 0 aromatic heterocycles. The Hall–Kier alpha value is -0.580. The zero-order chi connectivity index (χ0) is 12.0. The Bertz CT molecular complexity index is 233. The van der Waals surface area contributed by atoms with E-state index in [2.05, 4.69) is 21.2 Å². The number of amides is 2. The molecule has 0 spiro atoms. The summed E-state index contributed by atoms with van der Waals surface area (Å²) in [5, 5.41) is 2.67. The molecule has 0 aromatic rings. The predicted molar refractivity (Wildman–Crippen MR) is 63.9 cm³/mol. The van der Waals surface area contributed by atoms with Crippen molar-refractivity contribution in [2.24, 2.45) is 0 Å². The van der Waals surface area contributed by atoms with Crippen molar-refractivity contribution in [1.82, 2.24) is 10.2 Å². The summed E-state index contributed by atoms with van der Waals surface area (Å²) in [4.78, 5) is 24.4. The maximum absolute atomic E-state index is 11.6. The lowest BCUT2D eigenvalue weighted by Gasteiger charge is -2.21. The number of carbonyl (C=O) groups is 2. The highest BCUT2D eigenvalue weighted by atomic mass is 79.9. The third kappa shape index (κ3) is 4.64. The zero-order valence-corrected chi connectivity index (χ0v) is 11.3. The summed E-state index contributed by atoms with van der Waals surface area (Å²) in [6, 6.07) is -0.464. The van der Waals surface area contributed by atoms with Gasteiger partial charge in [0.15, 0.2) is 0 Å².